The molecule has 0 bridgehead atoms. The molecule has 0 fully saturated rings. The Hall–Kier alpha value is -2.32. The van der Waals surface area contributed by atoms with E-state index >= 15 is 0 Å². The lowest BCUT2D eigenvalue weighted by Crippen LogP contribution is -2.48. The average molecular weight is 303 g/mol. The molecule has 0 rings (SSSR count). The number of rotatable bonds is 8. The SMILES string of the molecule is CNC(=O)C(C)CN(C)C(=O)N[C@@H](CCC(=O)O)C(=O)O. The standard InChI is InChI=1S/C12H21N3O6/c1-7(10(18)13-2)6-15(3)12(21)14-8(11(19)20)4-5-9(16)17/h7-8H,4-6H2,1-3H3,(H,13,18)(H,14,21)(H,16,17)(H,19,20)/t7?,8-/m0/s1. The molecule has 0 aromatic heterocycles. The van der Waals surface area contributed by atoms with Crippen LogP contribution < -0.4 is 10.6 Å². The number of hydrogen-bond acceptors (Lipinski definition) is 4. The Kier molecular flexibility index (Phi) is 7.80. The van der Waals surface area contributed by atoms with Crippen LogP contribution in [0.3, 0.4) is 0 Å². The maximum Gasteiger partial charge on any atom is 0.326 e. The molecule has 0 aromatic carbocycles. The third-order valence-electron chi connectivity index (χ3n) is 2.83. The zero-order valence-electron chi connectivity index (χ0n) is 12.3. The maximum absolute atomic E-state index is 11.8. The number of carbonyl (C=O) groups excluding carboxylic acids is 2. The van der Waals surface area contributed by atoms with E-state index in [1.807, 2.05) is 0 Å². The second-order valence-electron chi connectivity index (χ2n) is 4.67. The van der Waals surface area contributed by atoms with Crippen molar-refractivity contribution in [2.24, 2.45) is 5.92 Å². The van der Waals surface area contributed by atoms with Gasteiger partial charge in [0, 0.05) is 27.1 Å². The lowest BCUT2D eigenvalue weighted by molar-refractivity contribution is -0.140. The van der Waals surface area contributed by atoms with Gasteiger partial charge in [0.15, 0.2) is 0 Å². The summed E-state index contributed by atoms with van der Waals surface area (Å²) in [6, 6.07) is -1.96. The average Bonchev–Trinajstić information content (AvgIpc) is 2.41. The summed E-state index contributed by atoms with van der Waals surface area (Å²) < 4.78 is 0. The zero-order chi connectivity index (χ0) is 16.6. The number of urea groups is 1. The number of carboxylic acid groups (broad SMARTS) is 2. The Morgan fingerprint density at radius 1 is 1.19 bits per heavy atom. The minimum atomic E-state index is -1.31. The van der Waals surface area contributed by atoms with Crippen LogP contribution in [-0.2, 0) is 14.4 Å². The topological polar surface area (TPSA) is 136 Å². The summed E-state index contributed by atoms with van der Waals surface area (Å²) >= 11 is 0. The van der Waals surface area contributed by atoms with E-state index < -0.39 is 29.9 Å². The van der Waals surface area contributed by atoms with Gasteiger partial charge < -0.3 is 25.7 Å². The van der Waals surface area contributed by atoms with Crippen molar-refractivity contribution in [3.8, 4) is 0 Å². The van der Waals surface area contributed by atoms with Gasteiger partial charge >= 0.3 is 18.0 Å². The highest BCUT2D eigenvalue weighted by molar-refractivity contribution is 5.83. The highest BCUT2D eigenvalue weighted by atomic mass is 16.4. The molecule has 0 heterocycles. The van der Waals surface area contributed by atoms with Crippen molar-refractivity contribution < 1.29 is 29.4 Å². The molecule has 21 heavy (non-hydrogen) atoms. The van der Waals surface area contributed by atoms with E-state index in [-0.39, 0.29) is 25.3 Å². The molecule has 1 unspecified atom stereocenters. The first-order chi connectivity index (χ1) is 9.68. The van der Waals surface area contributed by atoms with Crippen molar-refractivity contribution in [2.75, 3.05) is 20.6 Å². The fourth-order valence-electron chi connectivity index (χ4n) is 1.61. The molecule has 9 nitrogen and oxygen atoms in total. The summed E-state index contributed by atoms with van der Waals surface area (Å²) in [6.07, 6.45) is -0.579. The Morgan fingerprint density at radius 2 is 1.76 bits per heavy atom. The fourth-order valence-corrected chi connectivity index (χ4v) is 1.61. The number of nitrogens with one attached hydrogen (secondary N) is 2. The molecule has 0 saturated carbocycles. The summed E-state index contributed by atoms with van der Waals surface area (Å²) in [5, 5.41) is 22.1. The van der Waals surface area contributed by atoms with Gasteiger partial charge in [-0.05, 0) is 6.42 Å². The van der Waals surface area contributed by atoms with Crippen molar-refractivity contribution in [1.82, 2.24) is 15.5 Å². The minimum absolute atomic E-state index is 0.108. The zero-order valence-corrected chi connectivity index (χ0v) is 12.3. The molecule has 4 N–H and O–H groups in total. The van der Waals surface area contributed by atoms with E-state index in [1.165, 1.54) is 19.0 Å². The Balaban J connectivity index is 4.50. The summed E-state index contributed by atoms with van der Waals surface area (Å²) in [5.74, 6) is -3.14. The highest BCUT2D eigenvalue weighted by Crippen LogP contribution is 2.02. The molecular weight excluding hydrogens is 282 g/mol. The van der Waals surface area contributed by atoms with E-state index in [1.54, 1.807) is 6.92 Å². The molecule has 0 aliphatic carbocycles. The van der Waals surface area contributed by atoms with Crippen molar-refractivity contribution in [3.05, 3.63) is 0 Å². The quantitative estimate of drug-likeness (QED) is 0.469. The second-order valence-corrected chi connectivity index (χ2v) is 4.67. The van der Waals surface area contributed by atoms with E-state index in [2.05, 4.69) is 10.6 Å². The Morgan fingerprint density at radius 3 is 2.19 bits per heavy atom. The van der Waals surface area contributed by atoms with Gasteiger partial charge in [0.2, 0.25) is 5.91 Å². The lowest BCUT2D eigenvalue weighted by Gasteiger charge is -2.23. The first kappa shape index (κ1) is 18.7. The Labute approximate surface area is 122 Å². The predicted octanol–water partition coefficient (Wildman–Crippen LogP) is -0.672. The van der Waals surface area contributed by atoms with E-state index in [0.29, 0.717) is 0 Å². The minimum Gasteiger partial charge on any atom is -0.481 e. The number of hydrogen-bond donors (Lipinski definition) is 4. The third-order valence-corrected chi connectivity index (χ3v) is 2.83. The van der Waals surface area contributed by atoms with Crippen molar-refractivity contribution >= 4 is 23.9 Å². The van der Waals surface area contributed by atoms with Crippen molar-refractivity contribution in [2.45, 2.75) is 25.8 Å². The molecular formula is C12H21N3O6. The normalized spacial score (nSPS) is 12.9. The smallest absolute Gasteiger partial charge is 0.326 e. The van der Waals surface area contributed by atoms with Crippen LogP contribution in [0.2, 0.25) is 0 Å². The van der Waals surface area contributed by atoms with Crippen LogP contribution in [0.1, 0.15) is 19.8 Å². The van der Waals surface area contributed by atoms with Crippen LogP contribution >= 0.6 is 0 Å². The monoisotopic (exact) mass is 303 g/mol. The Bertz CT molecular complexity index is 412. The van der Waals surface area contributed by atoms with E-state index in [9.17, 15) is 19.2 Å². The first-order valence-corrected chi connectivity index (χ1v) is 6.36. The van der Waals surface area contributed by atoms with Crippen LogP contribution in [0, 0.1) is 5.92 Å². The molecule has 2 atom stereocenters. The molecule has 9 heteroatoms. The number of carboxylic acids is 2. The van der Waals surface area contributed by atoms with E-state index in [4.69, 9.17) is 10.2 Å². The van der Waals surface area contributed by atoms with Crippen LogP contribution in [0.15, 0.2) is 0 Å². The number of amides is 3. The van der Waals surface area contributed by atoms with Crippen molar-refractivity contribution in [3.63, 3.8) is 0 Å². The van der Waals surface area contributed by atoms with Gasteiger partial charge in [0.25, 0.3) is 0 Å². The molecule has 0 aromatic rings. The van der Waals surface area contributed by atoms with Crippen LogP contribution in [-0.4, -0.2) is 65.7 Å². The summed E-state index contributed by atoms with van der Waals surface area (Å²) in [5.41, 5.74) is 0. The van der Waals surface area contributed by atoms with Crippen LogP contribution in [0.5, 0.6) is 0 Å². The fraction of sp³-hybridized carbons (Fsp3) is 0.667. The van der Waals surface area contributed by atoms with Gasteiger partial charge in [-0.2, -0.15) is 0 Å². The summed E-state index contributed by atoms with van der Waals surface area (Å²) in [4.78, 5) is 45.7. The second kappa shape index (κ2) is 8.77. The largest absolute Gasteiger partial charge is 0.481 e. The lowest BCUT2D eigenvalue weighted by atomic mass is 10.1. The van der Waals surface area contributed by atoms with Gasteiger partial charge in [-0.15, -0.1) is 0 Å². The van der Waals surface area contributed by atoms with Gasteiger partial charge in [-0.3, -0.25) is 9.59 Å². The van der Waals surface area contributed by atoms with E-state index in [0.717, 1.165) is 0 Å². The van der Waals surface area contributed by atoms with Gasteiger partial charge in [0.1, 0.15) is 6.04 Å². The molecule has 3 amide bonds. The van der Waals surface area contributed by atoms with Gasteiger partial charge in [-0.25, -0.2) is 9.59 Å². The van der Waals surface area contributed by atoms with Crippen LogP contribution in [0.4, 0.5) is 4.79 Å². The highest BCUT2D eigenvalue weighted by Gasteiger charge is 2.24. The molecule has 0 radical (unpaired) electrons. The van der Waals surface area contributed by atoms with Gasteiger partial charge in [0.05, 0.1) is 5.92 Å². The number of nitrogens with zero attached hydrogens (tertiary/aromatic N) is 1. The molecule has 0 saturated heterocycles. The van der Waals surface area contributed by atoms with Crippen molar-refractivity contribution in [1.29, 1.82) is 0 Å². The molecule has 0 spiro atoms. The third kappa shape index (κ3) is 7.14. The predicted molar refractivity (Wildman–Crippen MR) is 72.7 cm³/mol. The molecule has 0 aliphatic heterocycles. The molecule has 120 valence electrons. The maximum atomic E-state index is 11.8. The van der Waals surface area contributed by atoms with Crippen LogP contribution in [0.25, 0.3) is 0 Å². The first-order valence-electron chi connectivity index (χ1n) is 6.36. The summed E-state index contributed by atoms with van der Waals surface area (Å²) in [6.45, 7) is 1.73. The number of aliphatic carboxylic acids is 2. The molecule has 0 aliphatic rings. The summed E-state index contributed by atoms with van der Waals surface area (Å²) in [7, 11) is 2.90. The van der Waals surface area contributed by atoms with Gasteiger partial charge in [-0.1, -0.05) is 6.92 Å². The number of carbonyl (C=O) groups is 4.